The average Bonchev–Trinajstić information content (AvgIpc) is 2.32. The molecule has 1 aromatic carbocycles. The SMILES string of the molecule is CCC(CC)(CN)C(=O)Nc1cccc(C)c1. The quantitative estimate of drug-likeness (QED) is 0.823. The van der Waals surface area contributed by atoms with Gasteiger partial charge in [-0.2, -0.15) is 0 Å². The van der Waals surface area contributed by atoms with Crippen LogP contribution in [0.1, 0.15) is 32.3 Å². The van der Waals surface area contributed by atoms with Gasteiger partial charge < -0.3 is 11.1 Å². The zero-order valence-electron chi connectivity index (χ0n) is 10.9. The van der Waals surface area contributed by atoms with Crippen LogP contribution in [0.5, 0.6) is 0 Å². The Morgan fingerprint density at radius 3 is 2.47 bits per heavy atom. The number of amides is 1. The number of hydrogen-bond acceptors (Lipinski definition) is 2. The first-order valence-corrected chi connectivity index (χ1v) is 6.16. The fraction of sp³-hybridized carbons (Fsp3) is 0.500. The molecule has 3 nitrogen and oxygen atoms in total. The highest BCUT2D eigenvalue weighted by molar-refractivity contribution is 5.95. The van der Waals surface area contributed by atoms with Crippen LogP contribution in [0.2, 0.25) is 0 Å². The Hall–Kier alpha value is -1.35. The lowest BCUT2D eigenvalue weighted by molar-refractivity contribution is -0.125. The molecule has 94 valence electrons. The summed E-state index contributed by atoms with van der Waals surface area (Å²) in [7, 11) is 0. The third kappa shape index (κ3) is 3.07. The Morgan fingerprint density at radius 1 is 1.35 bits per heavy atom. The molecule has 1 rings (SSSR count). The second-order valence-corrected chi connectivity index (χ2v) is 4.52. The molecule has 0 bridgehead atoms. The summed E-state index contributed by atoms with van der Waals surface area (Å²) in [5.74, 6) is 0.0237. The Balaban J connectivity index is 2.84. The topological polar surface area (TPSA) is 55.1 Å². The van der Waals surface area contributed by atoms with E-state index >= 15 is 0 Å². The summed E-state index contributed by atoms with van der Waals surface area (Å²) in [6, 6.07) is 7.81. The van der Waals surface area contributed by atoms with Crippen molar-refractivity contribution in [3.8, 4) is 0 Å². The Labute approximate surface area is 103 Å². The van der Waals surface area contributed by atoms with Crippen LogP contribution in [-0.4, -0.2) is 12.5 Å². The minimum Gasteiger partial charge on any atom is -0.329 e. The maximum Gasteiger partial charge on any atom is 0.231 e. The molecule has 0 aliphatic heterocycles. The van der Waals surface area contributed by atoms with Crippen molar-refractivity contribution in [2.75, 3.05) is 11.9 Å². The third-order valence-electron chi connectivity index (χ3n) is 3.50. The summed E-state index contributed by atoms with van der Waals surface area (Å²) in [5, 5.41) is 2.96. The van der Waals surface area contributed by atoms with Crippen LogP contribution in [0.4, 0.5) is 5.69 Å². The maximum absolute atomic E-state index is 12.2. The van der Waals surface area contributed by atoms with Crippen molar-refractivity contribution in [1.82, 2.24) is 0 Å². The molecule has 0 saturated carbocycles. The summed E-state index contributed by atoms with van der Waals surface area (Å²) >= 11 is 0. The van der Waals surface area contributed by atoms with Crippen molar-refractivity contribution in [3.05, 3.63) is 29.8 Å². The molecule has 1 aromatic rings. The van der Waals surface area contributed by atoms with Crippen LogP contribution >= 0.6 is 0 Å². The monoisotopic (exact) mass is 234 g/mol. The van der Waals surface area contributed by atoms with Gasteiger partial charge >= 0.3 is 0 Å². The molecule has 3 heteroatoms. The zero-order valence-corrected chi connectivity index (χ0v) is 10.9. The first kappa shape index (κ1) is 13.7. The lowest BCUT2D eigenvalue weighted by Gasteiger charge is -2.28. The molecular formula is C14H22N2O. The first-order valence-electron chi connectivity index (χ1n) is 6.16. The van der Waals surface area contributed by atoms with E-state index in [2.05, 4.69) is 5.32 Å². The summed E-state index contributed by atoms with van der Waals surface area (Å²) < 4.78 is 0. The van der Waals surface area contributed by atoms with E-state index in [-0.39, 0.29) is 5.91 Å². The molecule has 0 aromatic heterocycles. The fourth-order valence-corrected chi connectivity index (χ4v) is 1.94. The van der Waals surface area contributed by atoms with E-state index in [1.54, 1.807) is 0 Å². The standard InChI is InChI=1S/C14H22N2O/c1-4-14(5-2,10-15)13(17)16-12-8-6-7-11(3)9-12/h6-9H,4-5,10,15H2,1-3H3,(H,16,17). The van der Waals surface area contributed by atoms with Gasteiger partial charge in [0.1, 0.15) is 0 Å². The highest BCUT2D eigenvalue weighted by Gasteiger charge is 2.33. The van der Waals surface area contributed by atoms with Crippen molar-refractivity contribution in [3.63, 3.8) is 0 Å². The molecule has 0 aliphatic rings. The van der Waals surface area contributed by atoms with Gasteiger partial charge in [-0.25, -0.2) is 0 Å². The van der Waals surface area contributed by atoms with E-state index < -0.39 is 5.41 Å². The van der Waals surface area contributed by atoms with Crippen LogP contribution in [0, 0.1) is 12.3 Å². The van der Waals surface area contributed by atoms with Gasteiger partial charge in [0, 0.05) is 12.2 Å². The van der Waals surface area contributed by atoms with E-state index in [4.69, 9.17) is 5.73 Å². The largest absolute Gasteiger partial charge is 0.329 e. The van der Waals surface area contributed by atoms with Gasteiger partial charge in [-0.1, -0.05) is 26.0 Å². The van der Waals surface area contributed by atoms with Gasteiger partial charge in [0.05, 0.1) is 5.41 Å². The number of nitrogens with one attached hydrogen (secondary N) is 1. The Bertz CT molecular complexity index is 375. The molecule has 0 radical (unpaired) electrons. The molecule has 0 heterocycles. The second kappa shape index (κ2) is 5.82. The normalized spacial score (nSPS) is 11.3. The molecular weight excluding hydrogens is 212 g/mol. The maximum atomic E-state index is 12.2. The van der Waals surface area contributed by atoms with Crippen LogP contribution in [0.15, 0.2) is 24.3 Å². The summed E-state index contributed by atoms with van der Waals surface area (Å²) in [4.78, 5) is 12.2. The highest BCUT2D eigenvalue weighted by Crippen LogP contribution is 2.27. The van der Waals surface area contributed by atoms with Crippen molar-refractivity contribution < 1.29 is 4.79 Å². The first-order chi connectivity index (χ1) is 8.07. The Kier molecular flexibility index (Phi) is 4.70. The van der Waals surface area contributed by atoms with Crippen LogP contribution < -0.4 is 11.1 Å². The van der Waals surface area contributed by atoms with Gasteiger partial charge in [-0.3, -0.25) is 4.79 Å². The Morgan fingerprint density at radius 2 is 2.00 bits per heavy atom. The summed E-state index contributed by atoms with van der Waals surface area (Å²) in [6.45, 7) is 6.40. The van der Waals surface area contributed by atoms with Crippen LogP contribution in [0.25, 0.3) is 0 Å². The van der Waals surface area contributed by atoms with Gasteiger partial charge in [-0.05, 0) is 37.5 Å². The number of benzene rings is 1. The minimum atomic E-state index is -0.441. The summed E-state index contributed by atoms with van der Waals surface area (Å²) in [6.07, 6.45) is 1.52. The molecule has 17 heavy (non-hydrogen) atoms. The number of carbonyl (C=O) groups is 1. The highest BCUT2D eigenvalue weighted by atomic mass is 16.2. The van der Waals surface area contributed by atoms with E-state index in [9.17, 15) is 4.79 Å². The second-order valence-electron chi connectivity index (χ2n) is 4.52. The van der Waals surface area contributed by atoms with Crippen LogP contribution in [0.3, 0.4) is 0 Å². The molecule has 0 saturated heterocycles. The molecule has 0 spiro atoms. The van der Waals surface area contributed by atoms with E-state index in [1.807, 2.05) is 45.0 Å². The predicted molar refractivity (Wildman–Crippen MR) is 71.9 cm³/mol. The van der Waals surface area contributed by atoms with E-state index in [1.165, 1.54) is 0 Å². The predicted octanol–water partition coefficient (Wildman–Crippen LogP) is 2.70. The number of aryl methyl sites for hydroxylation is 1. The zero-order chi connectivity index (χ0) is 12.9. The number of carbonyl (C=O) groups excluding carboxylic acids is 1. The smallest absolute Gasteiger partial charge is 0.231 e. The third-order valence-corrected chi connectivity index (χ3v) is 3.50. The molecule has 0 atom stereocenters. The van der Waals surface area contributed by atoms with Gasteiger partial charge in [-0.15, -0.1) is 0 Å². The number of nitrogens with two attached hydrogens (primary N) is 1. The lowest BCUT2D eigenvalue weighted by Crippen LogP contribution is -2.41. The number of anilines is 1. The minimum absolute atomic E-state index is 0.0237. The molecule has 1 amide bonds. The molecule has 0 aliphatic carbocycles. The van der Waals surface area contributed by atoms with Crippen LogP contribution in [-0.2, 0) is 4.79 Å². The number of rotatable bonds is 5. The van der Waals surface area contributed by atoms with Crippen molar-refractivity contribution in [2.45, 2.75) is 33.6 Å². The van der Waals surface area contributed by atoms with Crippen molar-refractivity contribution in [1.29, 1.82) is 0 Å². The lowest BCUT2D eigenvalue weighted by atomic mass is 9.81. The van der Waals surface area contributed by atoms with E-state index in [0.29, 0.717) is 6.54 Å². The molecule has 0 fully saturated rings. The van der Waals surface area contributed by atoms with Gasteiger partial charge in [0.2, 0.25) is 5.91 Å². The molecule has 3 N–H and O–H groups in total. The van der Waals surface area contributed by atoms with Gasteiger partial charge in [0.25, 0.3) is 0 Å². The average molecular weight is 234 g/mol. The van der Waals surface area contributed by atoms with E-state index in [0.717, 1.165) is 24.1 Å². The number of hydrogen-bond donors (Lipinski definition) is 2. The van der Waals surface area contributed by atoms with Crippen molar-refractivity contribution in [2.24, 2.45) is 11.1 Å². The molecule has 0 unspecified atom stereocenters. The van der Waals surface area contributed by atoms with Gasteiger partial charge in [0.15, 0.2) is 0 Å². The summed E-state index contributed by atoms with van der Waals surface area (Å²) in [5.41, 5.74) is 7.29. The fourth-order valence-electron chi connectivity index (χ4n) is 1.94. The van der Waals surface area contributed by atoms with Crippen molar-refractivity contribution >= 4 is 11.6 Å².